The first kappa shape index (κ1) is 21.4. The molecule has 3 aliphatic heterocycles. The van der Waals surface area contributed by atoms with E-state index in [1.807, 2.05) is 62.5 Å². The van der Waals surface area contributed by atoms with Crippen molar-refractivity contribution in [3.63, 3.8) is 0 Å². The van der Waals surface area contributed by atoms with Crippen molar-refractivity contribution < 1.29 is 4.79 Å². The van der Waals surface area contributed by atoms with E-state index in [0.717, 1.165) is 40.3 Å². The number of carbonyl (C=O) groups excluding carboxylic acids is 1. The van der Waals surface area contributed by atoms with Gasteiger partial charge in [0.05, 0.1) is 17.4 Å². The van der Waals surface area contributed by atoms with E-state index in [0.29, 0.717) is 13.0 Å². The van der Waals surface area contributed by atoms with Gasteiger partial charge in [-0.2, -0.15) is 10.1 Å². The maximum atomic E-state index is 14.3. The van der Waals surface area contributed by atoms with Gasteiger partial charge in [0.25, 0.3) is 5.91 Å². The second kappa shape index (κ2) is 7.94. The molecular weight excluding hydrogens is 490 g/mol. The molecule has 0 saturated carbocycles. The molecule has 0 aliphatic carbocycles. The molecule has 3 aromatic rings. The number of fused-ring (bicyclic) bond motifs is 4. The zero-order valence-corrected chi connectivity index (χ0v) is 20.9. The van der Waals surface area contributed by atoms with Crippen molar-refractivity contribution in [3.8, 4) is 0 Å². The standard InChI is InChI=1S/C27H26BrN5O/c1-18-6-9-22(10-7-18)33-26(34)27(19(2)30-33)16-20-15-21(28)8-11-23(20)32-14-13-31(17-24(27)32)25-5-3-4-12-29-25/h3-12,15,24H,13-14,16-17H2,1-2H3/t24-,27-/m0/s1. The Kier molecular flexibility index (Phi) is 4.99. The minimum absolute atomic E-state index is 0.0383. The molecule has 0 radical (unpaired) electrons. The van der Waals surface area contributed by atoms with Crippen molar-refractivity contribution in [2.75, 3.05) is 34.4 Å². The summed E-state index contributed by atoms with van der Waals surface area (Å²) in [5, 5.41) is 6.48. The van der Waals surface area contributed by atoms with Gasteiger partial charge in [-0.1, -0.05) is 39.7 Å². The lowest BCUT2D eigenvalue weighted by molar-refractivity contribution is -0.125. The minimum Gasteiger partial charge on any atom is -0.363 e. The summed E-state index contributed by atoms with van der Waals surface area (Å²) in [4.78, 5) is 23.6. The Morgan fingerprint density at radius 2 is 1.85 bits per heavy atom. The van der Waals surface area contributed by atoms with Gasteiger partial charge in [-0.15, -0.1) is 0 Å². The molecule has 0 N–H and O–H groups in total. The smallest absolute Gasteiger partial charge is 0.261 e. The summed E-state index contributed by atoms with van der Waals surface area (Å²) >= 11 is 3.64. The molecule has 0 unspecified atom stereocenters. The Labute approximate surface area is 208 Å². The number of piperazine rings is 1. The fraction of sp³-hybridized carbons (Fsp3) is 0.296. The quantitative estimate of drug-likeness (QED) is 0.491. The lowest BCUT2D eigenvalue weighted by Gasteiger charge is -2.53. The second-order valence-electron chi connectivity index (χ2n) is 9.40. The number of hydrazone groups is 1. The number of rotatable bonds is 2. The number of carbonyl (C=O) groups is 1. The zero-order valence-electron chi connectivity index (χ0n) is 19.3. The van der Waals surface area contributed by atoms with E-state index in [-0.39, 0.29) is 11.9 Å². The van der Waals surface area contributed by atoms with Gasteiger partial charge in [0.15, 0.2) is 0 Å². The van der Waals surface area contributed by atoms with E-state index < -0.39 is 5.41 Å². The SMILES string of the molecule is CC1=NN(c2ccc(C)cc2)C(=O)[C@@]12Cc1cc(Br)ccc1N1CCN(c3ccccn3)C[C@H]12. The highest BCUT2D eigenvalue weighted by Crippen LogP contribution is 2.48. The van der Waals surface area contributed by atoms with E-state index in [2.05, 4.69) is 48.9 Å². The number of hydrogen-bond donors (Lipinski definition) is 0. The molecule has 4 heterocycles. The van der Waals surface area contributed by atoms with Gasteiger partial charge in [-0.05, 0) is 68.3 Å². The fourth-order valence-electron chi connectivity index (χ4n) is 5.71. The Morgan fingerprint density at radius 3 is 2.62 bits per heavy atom. The molecule has 6 rings (SSSR count). The molecule has 7 heteroatoms. The van der Waals surface area contributed by atoms with Crippen molar-refractivity contribution in [1.82, 2.24) is 4.98 Å². The minimum atomic E-state index is -0.730. The first-order chi connectivity index (χ1) is 16.5. The maximum Gasteiger partial charge on any atom is 0.261 e. The van der Waals surface area contributed by atoms with Gasteiger partial charge < -0.3 is 9.80 Å². The van der Waals surface area contributed by atoms with Crippen LogP contribution in [0, 0.1) is 12.3 Å². The predicted molar refractivity (Wildman–Crippen MR) is 140 cm³/mol. The highest BCUT2D eigenvalue weighted by Gasteiger charge is 2.60. The number of aromatic nitrogens is 1. The summed E-state index contributed by atoms with van der Waals surface area (Å²) in [6.07, 6.45) is 2.47. The van der Waals surface area contributed by atoms with Crippen LogP contribution in [0.5, 0.6) is 0 Å². The molecular formula is C27H26BrN5O. The topological polar surface area (TPSA) is 52.0 Å². The Morgan fingerprint density at radius 1 is 1.03 bits per heavy atom. The van der Waals surface area contributed by atoms with E-state index >= 15 is 0 Å². The third-order valence-electron chi connectivity index (χ3n) is 7.49. The van der Waals surface area contributed by atoms with Crippen LogP contribution in [-0.4, -0.2) is 42.3 Å². The Bertz CT molecular complexity index is 1290. The number of halogens is 1. The van der Waals surface area contributed by atoms with Gasteiger partial charge in [0, 0.05) is 36.0 Å². The van der Waals surface area contributed by atoms with Crippen molar-refractivity contribution in [3.05, 3.63) is 82.5 Å². The first-order valence-electron chi connectivity index (χ1n) is 11.7. The number of benzene rings is 2. The average molecular weight is 516 g/mol. The summed E-state index contributed by atoms with van der Waals surface area (Å²) in [6, 6.07) is 20.4. The molecule has 1 aromatic heterocycles. The third-order valence-corrected chi connectivity index (χ3v) is 7.98. The molecule has 172 valence electrons. The number of nitrogens with zero attached hydrogens (tertiary/aromatic N) is 5. The van der Waals surface area contributed by atoms with Crippen LogP contribution in [0.1, 0.15) is 18.1 Å². The monoisotopic (exact) mass is 515 g/mol. The van der Waals surface area contributed by atoms with Crippen LogP contribution in [0.2, 0.25) is 0 Å². The first-order valence-corrected chi connectivity index (χ1v) is 12.4. The summed E-state index contributed by atoms with van der Waals surface area (Å²) in [7, 11) is 0. The van der Waals surface area contributed by atoms with Crippen LogP contribution in [0.15, 0.2) is 76.4 Å². The number of amides is 1. The summed E-state index contributed by atoms with van der Waals surface area (Å²) < 4.78 is 1.03. The van der Waals surface area contributed by atoms with Gasteiger partial charge >= 0.3 is 0 Å². The summed E-state index contributed by atoms with van der Waals surface area (Å²) in [5.74, 6) is 1.01. The summed E-state index contributed by atoms with van der Waals surface area (Å²) in [5.41, 5.74) is 4.52. The molecule has 1 amide bonds. The highest BCUT2D eigenvalue weighted by atomic mass is 79.9. The third kappa shape index (κ3) is 3.17. The fourth-order valence-corrected chi connectivity index (χ4v) is 6.12. The van der Waals surface area contributed by atoms with Crippen molar-refractivity contribution in [2.45, 2.75) is 26.3 Å². The maximum absolute atomic E-state index is 14.3. The number of pyridine rings is 1. The van der Waals surface area contributed by atoms with Gasteiger partial charge in [-0.3, -0.25) is 4.79 Å². The van der Waals surface area contributed by atoms with Crippen LogP contribution < -0.4 is 14.8 Å². The molecule has 34 heavy (non-hydrogen) atoms. The van der Waals surface area contributed by atoms with Crippen LogP contribution in [0.25, 0.3) is 0 Å². The van der Waals surface area contributed by atoms with Gasteiger partial charge in [0.2, 0.25) is 0 Å². The average Bonchev–Trinajstić information content (AvgIpc) is 3.10. The van der Waals surface area contributed by atoms with Crippen LogP contribution in [0.3, 0.4) is 0 Å². The lowest BCUT2D eigenvalue weighted by atomic mass is 9.67. The molecule has 3 aliphatic rings. The molecule has 2 atom stereocenters. The summed E-state index contributed by atoms with van der Waals surface area (Å²) in [6.45, 7) is 6.46. The Hall–Kier alpha value is -3.19. The Balaban J connectivity index is 1.46. The number of aryl methyl sites for hydroxylation is 1. The largest absolute Gasteiger partial charge is 0.363 e. The van der Waals surface area contributed by atoms with Crippen LogP contribution in [0.4, 0.5) is 17.2 Å². The van der Waals surface area contributed by atoms with E-state index in [4.69, 9.17) is 5.10 Å². The molecule has 1 fully saturated rings. The second-order valence-corrected chi connectivity index (χ2v) is 10.3. The van der Waals surface area contributed by atoms with E-state index in [1.165, 1.54) is 11.3 Å². The van der Waals surface area contributed by atoms with Gasteiger partial charge in [-0.25, -0.2) is 4.98 Å². The number of anilines is 3. The molecule has 2 aromatic carbocycles. The lowest BCUT2D eigenvalue weighted by Crippen LogP contribution is -2.67. The van der Waals surface area contributed by atoms with E-state index in [1.54, 1.807) is 5.01 Å². The molecule has 0 bridgehead atoms. The molecule has 1 saturated heterocycles. The van der Waals surface area contributed by atoms with Crippen LogP contribution in [-0.2, 0) is 11.2 Å². The van der Waals surface area contributed by atoms with E-state index in [9.17, 15) is 4.79 Å². The van der Waals surface area contributed by atoms with Crippen molar-refractivity contribution in [2.24, 2.45) is 10.5 Å². The van der Waals surface area contributed by atoms with Gasteiger partial charge in [0.1, 0.15) is 11.2 Å². The van der Waals surface area contributed by atoms with Crippen LogP contribution >= 0.6 is 15.9 Å². The normalized spacial score (nSPS) is 23.7. The molecule has 6 nitrogen and oxygen atoms in total. The number of hydrogen-bond acceptors (Lipinski definition) is 5. The predicted octanol–water partition coefficient (Wildman–Crippen LogP) is 4.81. The zero-order chi connectivity index (χ0) is 23.4. The molecule has 1 spiro atoms. The van der Waals surface area contributed by atoms with Crippen molar-refractivity contribution >= 4 is 44.7 Å². The highest BCUT2D eigenvalue weighted by molar-refractivity contribution is 9.10. The van der Waals surface area contributed by atoms with Crippen molar-refractivity contribution in [1.29, 1.82) is 0 Å².